The summed E-state index contributed by atoms with van der Waals surface area (Å²) in [6.07, 6.45) is 1.54. The zero-order chi connectivity index (χ0) is 16.8. The van der Waals surface area contributed by atoms with E-state index in [0.29, 0.717) is 0 Å². The molecule has 0 fully saturated rings. The van der Waals surface area contributed by atoms with Crippen LogP contribution in [-0.2, 0) is 0 Å². The van der Waals surface area contributed by atoms with Gasteiger partial charge >= 0.3 is 0 Å². The molecule has 0 spiro atoms. The Morgan fingerprint density at radius 3 is 2.75 bits per heavy atom. The summed E-state index contributed by atoms with van der Waals surface area (Å²) in [5.74, 6) is 1.01. The molecule has 3 rings (SSSR count). The van der Waals surface area contributed by atoms with Crippen molar-refractivity contribution in [3.05, 3.63) is 60.6 Å². The van der Waals surface area contributed by atoms with Crippen LogP contribution in [0.15, 0.2) is 54.7 Å². The van der Waals surface area contributed by atoms with Gasteiger partial charge in [-0.1, -0.05) is 30.3 Å². The molecule has 24 heavy (non-hydrogen) atoms. The van der Waals surface area contributed by atoms with Crippen LogP contribution < -0.4 is 10.1 Å². The maximum absolute atomic E-state index is 9.19. The van der Waals surface area contributed by atoms with Crippen LogP contribution in [0.1, 0.15) is 5.82 Å². The molecule has 0 unspecified atom stereocenters. The SMILES string of the molecule is COc1ccc(NC=C(C#N)c2nn[nH]n2)cc1-c1ccccc1. The topological polar surface area (TPSA) is 99.5 Å². The molecule has 0 saturated carbocycles. The Kier molecular flexibility index (Phi) is 4.49. The first kappa shape index (κ1) is 15.2. The van der Waals surface area contributed by atoms with Crippen molar-refractivity contribution in [1.29, 1.82) is 5.26 Å². The Hall–Kier alpha value is -3.66. The number of hydrogen-bond acceptors (Lipinski definition) is 6. The van der Waals surface area contributed by atoms with E-state index in [1.165, 1.54) is 0 Å². The van der Waals surface area contributed by atoms with Gasteiger partial charge < -0.3 is 10.1 Å². The van der Waals surface area contributed by atoms with Crippen LogP contribution in [0.25, 0.3) is 16.7 Å². The molecule has 118 valence electrons. The van der Waals surface area contributed by atoms with Crippen molar-refractivity contribution in [3.63, 3.8) is 0 Å². The van der Waals surface area contributed by atoms with Gasteiger partial charge in [-0.3, -0.25) is 0 Å². The average molecular weight is 318 g/mol. The van der Waals surface area contributed by atoms with Crippen molar-refractivity contribution in [1.82, 2.24) is 20.6 Å². The van der Waals surface area contributed by atoms with Crippen LogP contribution in [0.2, 0.25) is 0 Å². The molecule has 1 heterocycles. The van der Waals surface area contributed by atoms with Crippen molar-refractivity contribution >= 4 is 11.3 Å². The Balaban J connectivity index is 1.91. The van der Waals surface area contributed by atoms with E-state index in [1.807, 2.05) is 54.6 Å². The Labute approximate surface area is 138 Å². The monoisotopic (exact) mass is 318 g/mol. The molecule has 7 nitrogen and oxygen atoms in total. The van der Waals surface area contributed by atoms with Gasteiger partial charge in [-0.2, -0.15) is 10.5 Å². The van der Waals surface area contributed by atoms with Gasteiger partial charge in [0.05, 0.1) is 7.11 Å². The van der Waals surface area contributed by atoms with E-state index in [9.17, 15) is 5.26 Å². The Morgan fingerprint density at radius 1 is 1.25 bits per heavy atom. The fraction of sp³-hybridized carbons (Fsp3) is 0.0588. The Bertz CT molecular complexity index is 881. The van der Waals surface area contributed by atoms with Crippen molar-refractivity contribution in [3.8, 4) is 22.9 Å². The highest BCUT2D eigenvalue weighted by Crippen LogP contribution is 2.32. The maximum atomic E-state index is 9.19. The molecule has 1 aromatic heterocycles. The summed E-state index contributed by atoms with van der Waals surface area (Å²) in [5.41, 5.74) is 3.09. The highest BCUT2D eigenvalue weighted by atomic mass is 16.5. The van der Waals surface area contributed by atoms with Crippen LogP contribution in [0, 0.1) is 11.3 Å². The number of rotatable bonds is 5. The summed E-state index contributed by atoms with van der Waals surface area (Å²) in [6.45, 7) is 0. The van der Waals surface area contributed by atoms with Gasteiger partial charge in [0.15, 0.2) is 0 Å². The van der Waals surface area contributed by atoms with Gasteiger partial charge in [0, 0.05) is 17.5 Å². The molecule has 0 saturated heterocycles. The summed E-state index contributed by atoms with van der Waals surface area (Å²) in [7, 11) is 1.64. The van der Waals surface area contributed by atoms with Gasteiger partial charge in [0.2, 0.25) is 5.82 Å². The molecule has 2 aromatic carbocycles. The van der Waals surface area contributed by atoms with Gasteiger partial charge in [-0.05, 0) is 29.0 Å². The highest BCUT2D eigenvalue weighted by molar-refractivity contribution is 5.77. The van der Waals surface area contributed by atoms with Crippen molar-refractivity contribution < 1.29 is 4.74 Å². The number of nitriles is 1. The molecule has 7 heteroatoms. The third-order valence-electron chi connectivity index (χ3n) is 3.37. The predicted octanol–water partition coefficient (Wildman–Crippen LogP) is 2.85. The van der Waals surface area contributed by atoms with Gasteiger partial charge in [0.1, 0.15) is 17.4 Å². The maximum Gasteiger partial charge on any atom is 0.216 e. The number of aromatic nitrogens is 4. The number of hydrogen-bond donors (Lipinski definition) is 2. The van der Waals surface area contributed by atoms with Gasteiger partial charge in [0.25, 0.3) is 0 Å². The number of benzene rings is 2. The van der Waals surface area contributed by atoms with E-state index >= 15 is 0 Å². The lowest BCUT2D eigenvalue weighted by molar-refractivity contribution is 0.416. The third-order valence-corrected chi connectivity index (χ3v) is 3.37. The molecule has 0 atom stereocenters. The molecule has 3 aromatic rings. The molecule has 0 bridgehead atoms. The molecular formula is C17H14N6O. The zero-order valence-corrected chi connectivity index (χ0v) is 12.9. The van der Waals surface area contributed by atoms with Crippen LogP contribution in [0.3, 0.4) is 0 Å². The van der Waals surface area contributed by atoms with Crippen LogP contribution >= 0.6 is 0 Å². The molecule has 2 N–H and O–H groups in total. The number of methoxy groups -OCH3 is 1. The van der Waals surface area contributed by atoms with Crippen molar-refractivity contribution in [2.45, 2.75) is 0 Å². The number of aromatic amines is 1. The lowest BCUT2D eigenvalue weighted by atomic mass is 10.0. The van der Waals surface area contributed by atoms with E-state index in [-0.39, 0.29) is 11.4 Å². The van der Waals surface area contributed by atoms with Crippen molar-refractivity contribution in [2.75, 3.05) is 12.4 Å². The summed E-state index contributed by atoms with van der Waals surface area (Å²) in [4.78, 5) is 0. The lowest BCUT2D eigenvalue weighted by Gasteiger charge is -2.11. The third kappa shape index (κ3) is 3.23. The fourth-order valence-corrected chi connectivity index (χ4v) is 2.22. The van der Waals surface area contributed by atoms with E-state index in [1.54, 1.807) is 13.3 Å². The first-order valence-corrected chi connectivity index (χ1v) is 7.16. The number of allylic oxidation sites excluding steroid dienone is 1. The Morgan fingerprint density at radius 2 is 2.08 bits per heavy atom. The second-order valence-corrected chi connectivity index (χ2v) is 4.83. The number of anilines is 1. The van der Waals surface area contributed by atoms with Crippen molar-refractivity contribution in [2.24, 2.45) is 0 Å². The molecule has 0 aliphatic heterocycles. The van der Waals surface area contributed by atoms with E-state index in [4.69, 9.17) is 4.74 Å². The second-order valence-electron chi connectivity index (χ2n) is 4.83. The van der Waals surface area contributed by atoms with E-state index in [2.05, 4.69) is 25.9 Å². The average Bonchev–Trinajstić information content (AvgIpc) is 3.17. The normalized spacial score (nSPS) is 10.9. The van der Waals surface area contributed by atoms with Crippen LogP contribution in [0.5, 0.6) is 5.75 Å². The molecule has 0 aliphatic rings. The fourth-order valence-electron chi connectivity index (χ4n) is 2.22. The number of nitrogens with zero attached hydrogens (tertiary/aromatic N) is 4. The number of nitrogens with one attached hydrogen (secondary N) is 2. The number of tetrazole rings is 1. The second kappa shape index (κ2) is 7.07. The van der Waals surface area contributed by atoms with Gasteiger partial charge in [-0.15, -0.1) is 10.2 Å². The van der Waals surface area contributed by atoms with E-state index in [0.717, 1.165) is 22.6 Å². The number of H-pyrrole nitrogens is 1. The minimum absolute atomic E-state index is 0.238. The standard InChI is InChI=1S/C17H14N6O/c1-24-16-8-7-14(9-15(16)12-5-3-2-4-6-12)19-11-13(10-18)17-20-22-23-21-17/h2-9,11,19H,1H3,(H,20,21,22,23). The van der Waals surface area contributed by atoms with Crippen LogP contribution in [0.4, 0.5) is 5.69 Å². The minimum Gasteiger partial charge on any atom is -0.496 e. The summed E-state index contributed by atoms with van der Waals surface area (Å²) >= 11 is 0. The first-order valence-electron chi connectivity index (χ1n) is 7.16. The minimum atomic E-state index is 0.238. The largest absolute Gasteiger partial charge is 0.496 e. The first-order chi connectivity index (χ1) is 11.8. The summed E-state index contributed by atoms with van der Waals surface area (Å²) in [6, 6.07) is 17.7. The molecule has 0 radical (unpaired) electrons. The summed E-state index contributed by atoms with van der Waals surface area (Å²) in [5, 5.41) is 25.6. The molecular weight excluding hydrogens is 304 g/mol. The zero-order valence-electron chi connectivity index (χ0n) is 12.9. The quantitative estimate of drug-likeness (QED) is 0.702. The van der Waals surface area contributed by atoms with E-state index < -0.39 is 0 Å². The highest BCUT2D eigenvalue weighted by Gasteiger charge is 2.08. The van der Waals surface area contributed by atoms with Gasteiger partial charge in [-0.25, -0.2) is 0 Å². The smallest absolute Gasteiger partial charge is 0.216 e. The summed E-state index contributed by atoms with van der Waals surface area (Å²) < 4.78 is 5.43. The number of ether oxygens (including phenoxy) is 1. The molecule has 0 aliphatic carbocycles. The lowest BCUT2D eigenvalue weighted by Crippen LogP contribution is -1.95. The predicted molar refractivity (Wildman–Crippen MR) is 89.8 cm³/mol. The van der Waals surface area contributed by atoms with Crippen LogP contribution in [-0.4, -0.2) is 27.7 Å². The molecule has 0 amide bonds.